The first kappa shape index (κ1) is 19.9. The number of nitrogens with one attached hydrogen (secondary N) is 2. The van der Waals surface area contributed by atoms with Crippen molar-refractivity contribution < 1.29 is 14.3 Å². The SMILES string of the molecule is COCCCNC(=O)c1ccc(C(=O)Nc2ccc(N3CCCC3)cc2)cc1. The average Bonchev–Trinajstić information content (AvgIpc) is 3.26. The maximum absolute atomic E-state index is 12.4. The van der Waals surface area contributed by atoms with Gasteiger partial charge in [0.05, 0.1) is 0 Å². The monoisotopic (exact) mass is 381 g/mol. The summed E-state index contributed by atoms with van der Waals surface area (Å²) in [6.45, 7) is 3.36. The maximum Gasteiger partial charge on any atom is 0.255 e. The molecule has 1 saturated heterocycles. The number of carbonyl (C=O) groups is 2. The minimum absolute atomic E-state index is 0.152. The molecule has 6 nitrogen and oxygen atoms in total. The van der Waals surface area contributed by atoms with Crippen LogP contribution >= 0.6 is 0 Å². The van der Waals surface area contributed by atoms with Crippen LogP contribution in [0.3, 0.4) is 0 Å². The second-order valence-electron chi connectivity index (χ2n) is 6.87. The number of carbonyl (C=O) groups excluding carboxylic acids is 2. The molecule has 0 spiro atoms. The summed E-state index contributed by atoms with van der Waals surface area (Å²) in [4.78, 5) is 26.9. The largest absolute Gasteiger partial charge is 0.385 e. The zero-order valence-corrected chi connectivity index (χ0v) is 16.2. The van der Waals surface area contributed by atoms with E-state index >= 15 is 0 Å². The van der Waals surface area contributed by atoms with Crippen molar-refractivity contribution in [1.82, 2.24) is 5.32 Å². The topological polar surface area (TPSA) is 70.7 Å². The molecule has 0 unspecified atom stereocenters. The zero-order chi connectivity index (χ0) is 19.8. The molecule has 0 atom stereocenters. The highest BCUT2D eigenvalue weighted by Crippen LogP contribution is 2.22. The third-order valence-electron chi connectivity index (χ3n) is 4.82. The standard InChI is InChI=1S/C22H27N3O3/c1-28-16-4-13-23-21(26)17-5-7-18(8-6-17)22(27)24-19-9-11-20(12-10-19)25-14-2-3-15-25/h5-12H,2-4,13-16H2,1H3,(H,23,26)(H,24,27). The van der Waals surface area contributed by atoms with E-state index in [2.05, 4.69) is 15.5 Å². The number of ether oxygens (including phenoxy) is 1. The van der Waals surface area contributed by atoms with E-state index < -0.39 is 0 Å². The molecule has 2 N–H and O–H groups in total. The van der Waals surface area contributed by atoms with Gasteiger partial charge in [-0.2, -0.15) is 0 Å². The third kappa shape index (κ3) is 5.33. The van der Waals surface area contributed by atoms with Gasteiger partial charge in [0.1, 0.15) is 0 Å². The van der Waals surface area contributed by atoms with Crippen molar-refractivity contribution in [2.75, 3.05) is 43.6 Å². The minimum atomic E-state index is -0.194. The zero-order valence-electron chi connectivity index (χ0n) is 16.2. The first-order valence-corrected chi connectivity index (χ1v) is 9.71. The van der Waals surface area contributed by atoms with E-state index in [0.29, 0.717) is 24.3 Å². The number of nitrogens with zero attached hydrogens (tertiary/aromatic N) is 1. The van der Waals surface area contributed by atoms with Gasteiger partial charge >= 0.3 is 0 Å². The summed E-state index contributed by atoms with van der Waals surface area (Å²) in [6, 6.07) is 14.6. The van der Waals surface area contributed by atoms with Crippen LogP contribution in [0.25, 0.3) is 0 Å². The van der Waals surface area contributed by atoms with Gasteiger partial charge in [-0.1, -0.05) is 0 Å². The van der Waals surface area contributed by atoms with Crippen molar-refractivity contribution in [3.8, 4) is 0 Å². The number of amides is 2. The number of methoxy groups -OCH3 is 1. The molecule has 0 aliphatic carbocycles. The molecular weight excluding hydrogens is 354 g/mol. The van der Waals surface area contributed by atoms with Crippen molar-refractivity contribution in [1.29, 1.82) is 0 Å². The van der Waals surface area contributed by atoms with Gasteiger partial charge in [-0.05, 0) is 67.8 Å². The Balaban J connectivity index is 1.53. The van der Waals surface area contributed by atoms with E-state index in [0.717, 1.165) is 25.2 Å². The second-order valence-corrected chi connectivity index (χ2v) is 6.87. The van der Waals surface area contributed by atoms with Crippen LogP contribution in [0.15, 0.2) is 48.5 Å². The normalized spacial score (nSPS) is 13.4. The van der Waals surface area contributed by atoms with Crippen LogP contribution in [-0.2, 0) is 4.74 Å². The molecule has 1 heterocycles. The number of rotatable bonds is 8. The molecule has 0 radical (unpaired) electrons. The van der Waals surface area contributed by atoms with E-state index in [-0.39, 0.29) is 11.8 Å². The van der Waals surface area contributed by atoms with E-state index in [1.807, 2.05) is 24.3 Å². The Kier molecular flexibility index (Phi) is 7.03. The number of anilines is 2. The fourth-order valence-electron chi connectivity index (χ4n) is 3.23. The summed E-state index contributed by atoms with van der Waals surface area (Å²) in [6.07, 6.45) is 3.23. The lowest BCUT2D eigenvalue weighted by atomic mass is 10.1. The van der Waals surface area contributed by atoms with Gasteiger partial charge in [-0.3, -0.25) is 9.59 Å². The summed E-state index contributed by atoms with van der Waals surface area (Å²) < 4.78 is 4.95. The summed E-state index contributed by atoms with van der Waals surface area (Å²) in [5.74, 6) is -0.346. The number of hydrogen-bond donors (Lipinski definition) is 2. The van der Waals surface area contributed by atoms with Crippen molar-refractivity contribution >= 4 is 23.2 Å². The lowest BCUT2D eigenvalue weighted by Gasteiger charge is -2.17. The maximum atomic E-state index is 12.4. The summed E-state index contributed by atoms with van der Waals surface area (Å²) >= 11 is 0. The van der Waals surface area contributed by atoms with Crippen LogP contribution in [0.5, 0.6) is 0 Å². The first-order chi connectivity index (χ1) is 13.7. The molecule has 0 saturated carbocycles. The average molecular weight is 381 g/mol. The fraction of sp³-hybridized carbons (Fsp3) is 0.364. The smallest absolute Gasteiger partial charge is 0.255 e. The Labute approximate surface area is 165 Å². The number of benzene rings is 2. The highest BCUT2D eigenvalue weighted by molar-refractivity contribution is 6.05. The fourth-order valence-corrected chi connectivity index (χ4v) is 3.23. The molecule has 2 aromatic carbocycles. The molecule has 6 heteroatoms. The lowest BCUT2D eigenvalue weighted by molar-refractivity contribution is 0.0947. The molecule has 1 fully saturated rings. The van der Waals surface area contributed by atoms with Gasteiger partial charge in [-0.25, -0.2) is 0 Å². The highest BCUT2D eigenvalue weighted by Gasteiger charge is 2.13. The predicted molar refractivity (Wildman–Crippen MR) is 111 cm³/mol. The second kappa shape index (κ2) is 9.90. The van der Waals surface area contributed by atoms with Crippen molar-refractivity contribution in [2.24, 2.45) is 0 Å². The Morgan fingerprint density at radius 3 is 2.14 bits per heavy atom. The van der Waals surface area contributed by atoms with E-state index in [9.17, 15) is 9.59 Å². The predicted octanol–water partition coefficient (Wildman–Crippen LogP) is 3.31. The molecule has 1 aliphatic heterocycles. The van der Waals surface area contributed by atoms with Crippen molar-refractivity contribution in [3.05, 3.63) is 59.7 Å². The van der Waals surface area contributed by atoms with Crippen LogP contribution in [0.1, 0.15) is 40.0 Å². The van der Waals surface area contributed by atoms with Crippen LogP contribution < -0.4 is 15.5 Å². The van der Waals surface area contributed by atoms with Gasteiger partial charge in [0.2, 0.25) is 0 Å². The Hall–Kier alpha value is -2.86. The van der Waals surface area contributed by atoms with Crippen LogP contribution in [0.2, 0.25) is 0 Å². The van der Waals surface area contributed by atoms with E-state index in [1.165, 1.54) is 18.5 Å². The molecule has 0 bridgehead atoms. The van der Waals surface area contributed by atoms with E-state index in [1.54, 1.807) is 31.4 Å². The lowest BCUT2D eigenvalue weighted by Crippen LogP contribution is -2.25. The molecular formula is C22H27N3O3. The van der Waals surface area contributed by atoms with Crippen LogP contribution in [-0.4, -0.2) is 45.2 Å². The molecule has 1 aliphatic rings. The van der Waals surface area contributed by atoms with Gasteiger partial charge in [0.15, 0.2) is 0 Å². The van der Waals surface area contributed by atoms with Gasteiger partial charge < -0.3 is 20.3 Å². The Morgan fingerprint density at radius 2 is 1.54 bits per heavy atom. The van der Waals surface area contributed by atoms with Crippen molar-refractivity contribution in [2.45, 2.75) is 19.3 Å². The summed E-state index contributed by atoms with van der Waals surface area (Å²) in [7, 11) is 1.63. The minimum Gasteiger partial charge on any atom is -0.385 e. The van der Waals surface area contributed by atoms with Crippen LogP contribution in [0, 0.1) is 0 Å². The number of hydrogen-bond acceptors (Lipinski definition) is 4. The molecule has 0 aromatic heterocycles. The molecule has 2 amide bonds. The summed E-state index contributed by atoms with van der Waals surface area (Å²) in [5, 5.41) is 5.73. The molecule has 28 heavy (non-hydrogen) atoms. The van der Waals surface area contributed by atoms with Gasteiger partial charge in [-0.15, -0.1) is 0 Å². The Bertz CT molecular complexity index is 782. The Morgan fingerprint density at radius 1 is 0.929 bits per heavy atom. The van der Waals surface area contributed by atoms with Crippen molar-refractivity contribution in [3.63, 3.8) is 0 Å². The molecule has 2 aromatic rings. The van der Waals surface area contributed by atoms with E-state index in [4.69, 9.17) is 4.74 Å². The third-order valence-corrected chi connectivity index (χ3v) is 4.82. The van der Waals surface area contributed by atoms with Gasteiger partial charge in [0.25, 0.3) is 11.8 Å². The highest BCUT2D eigenvalue weighted by atomic mass is 16.5. The summed E-state index contributed by atoms with van der Waals surface area (Å²) in [5.41, 5.74) is 2.99. The molecule has 148 valence electrons. The van der Waals surface area contributed by atoms with Crippen LogP contribution in [0.4, 0.5) is 11.4 Å². The van der Waals surface area contributed by atoms with Gasteiger partial charge in [0, 0.05) is 55.9 Å². The first-order valence-electron chi connectivity index (χ1n) is 9.71. The molecule has 3 rings (SSSR count). The quantitative estimate of drug-likeness (QED) is 0.689.